The summed E-state index contributed by atoms with van der Waals surface area (Å²) in [5, 5.41) is 15.4. The minimum absolute atomic E-state index is 0.660. The fraction of sp³-hybridized carbons (Fsp3) is 0.143. The first-order valence-corrected chi connectivity index (χ1v) is 5.64. The summed E-state index contributed by atoms with van der Waals surface area (Å²) in [5.74, 6) is 0. The predicted molar refractivity (Wildman–Crippen MR) is 73.0 cm³/mol. The van der Waals surface area contributed by atoms with Crippen LogP contribution in [0.25, 0.3) is 0 Å². The molecule has 0 unspecified atom stereocenters. The van der Waals surface area contributed by atoms with Gasteiger partial charge in [-0.25, -0.2) is 0 Å². The van der Waals surface area contributed by atoms with Crippen molar-refractivity contribution in [3.05, 3.63) is 47.8 Å². The molecule has 90 valence electrons. The minimum Gasteiger partial charge on any atom is -0.387 e. The van der Waals surface area contributed by atoms with Gasteiger partial charge in [-0.1, -0.05) is 12.1 Å². The SMILES string of the molecule is CNc1cncc(Nc2cccc(C)c2C#N)c1. The molecule has 1 heterocycles. The van der Waals surface area contributed by atoms with E-state index in [9.17, 15) is 0 Å². The van der Waals surface area contributed by atoms with Crippen LogP contribution in [-0.4, -0.2) is 12.0 Å². The number of nitriles is 1. The van der Waals surface area contributed by atoms with Gasteiger partial charge in [-0.2, -0.15) is 5.26 Å². The van der Waals surface area contributed by atoms with Crippen LogP contribution in [0.5, 0.6) is 0 Å². The van der Waals surface area contributed by atoms with Gasteiger partial charge < -0.3 is 10.6 Å². The molecule has 0 saturated heterocycles. The lowest BCUT2D eigenvalue weighted by atomic mass is 10.1. The highest BCUT2D eigenvalue weighted by molar-refractivity contribution is 5.69. The van der Waals surface area contributed by atoms with Crippen LogP contribution in [0, 0.1) is 18.3 Å². The Labute approximate surface area is 106 Å². The van der Waals surface area contributed by atoms with Gasteiger partial charge in [0.25, 0.3) is 0 Å². The molecule has 1 aromatic heterocycles. The van der Waals surface area contributed by atoms with Crippen LogP contribution < -0.4 is 10.6 Å². The zero-order valence-corrected chi connectivity index (χ0v) is 10.4. The molecule has 0 radical (unpaired) electrons. The summed E-state index contributed by atoms with van der Waals surface area (Å²) >= 11 is 0. The van der Waals surface area contributed by atoms with Gasteiger partial charge in [-0.05, 0) is 24.6 Å². The number of rotatable bonds is 3. The normalized spacial score (nSPS) is 9.61. The van der Waals surface area contributed by atoms with Gasteiger partial charge in [-0.15, -0.1) is 0 Å². The maximum Gasteiger partial charge on any atom is 0.102 e. The Kier molecular flexibility index (Phi) is 3.44. The third-order valence-corrected chi connectivity index (χ3v) is 2.69. The topological polar surface area (TPSA) is 60.7 Å². The summed E-state index contributed by atoms with van der Waals surface area (Å²) in [5.41, 5.74) is 4.19. The standard InChI is InChI=1S/C14H14N4/c1-10-4-3-5-14(13(10)7-15)18-12-6-11(16-2)8-17-9-12/h3-6,8-9,16,18H,1-2H3. The number of nitrogens with one attached hydrogen (secondary N) is 2. The molecule has 0 amide bonds. The van der Waals surface area contributed by atoms with Crippen molar-refractivity contribution in [3.63, 3.8) is 0 Å². The van der Waals surface area contributed by atoms with Gasteiger partial charge in [0.1, 0.15) is 6.07 Å². The number of hydrogen-bond acceptors (Lipinski definition) is 4. The maximum absolute atomic E-state index is 9.16. The lowest BCUT2D eigenvalue weighted by molar-refractivity contribution is 1.30. The van der Waals surface area contributed by atoms with Gasteiger partial charge in [0.2, 0.25) is 0 Å². The highest BCUT2D eigenvalue weighted by Crippen LogP contribution is 2.23. The minimum atomic E-state index is 0.660. The van der Waals surface area contributed by atoms with Crippen molar-refractivity contribution in [2.75, 3.05) is 17.7 Å². The fourth-order valence-electron chi connectivity index (χ4n) is 1.72. The Hall–Kier alpha value is -2.54. The largest absolute Gasteiger partial charge is 0.387 e. The number of nitrogens with zero attached hydrogens (tertiary/aromatic N) is 2. The number of anilines is 3. The quantitative estimate of drug-likeness (QED) is 0.862. The molecule has 0 bridgehead atoms. The van der Waals surface area contributed by atoms with E-state index in [-0.39, 0.29) is 0 Å². The van der Waals surface area contributed by atoms with Crippen molar-refractivity contribution in [2.24, 2.45) is 0 Å². The molecule has 18 heavy (non-hydrogen) atoms. The number of pyridine rings is 1. The summed E-state index contributed by atoms with van der Waals surface area (Å²) in [7, 11) is 1.84. The van der Waals surface area contributed by atoms with Crippen molar-refractivity contribution < 1.29 is 0 Å². The Morgan fingerprint density at radius 1 is 1.22 bits per heavy atom. The molecular weight excluding hydrogens is 224 g/mol. The zero-order chi connectivity index (χ0) is 13.0. The molecular formula is C14H14N4. The molecule has 4 nitrogen and oxygen atoms in total. The van der Waals surface area contributed by atoms with Crippen molar-refractivity contribution in [1.82, 2.24) is 4.98 Å². The lowest BCUT2D eigenvalue weighted by Crippen LogP contribution is -1.97. The highest BCUT2D eigenvalue weighted by atomic mass is 14.9. The number of hydrogen-bond donors (Lipinski definition) is 2. The van der Waals surface area contributed by atoms with E-state index in [0.717, 1.165) is 22.6 Å². The van der Waals surface area contributed by atoms with Crippen LogP contribution in [0.3, 0.4) is 0 Å². The first-order valence-electron chi connectivity index (χ1n) is 5.64. The number of aryl methyl sites for hydroxylation is 1. The van der Waals surface area contributed by atoms with Crippen molar-refractivity contribution >= 4 is 17.1 Å². The number of aromatic nitrogens is 1. The summed E-state index contributed by atoms with van der Waals surface area (Å²) in [4.78, 5) is 4.12. The molecule has 0 aliphatic rings. The van der Waals surface area contributed by atoms with Gasteiger partial charge in [0.05, 0.1) is 35.0 Å². The number of benzene rings is 1. The van der Waals surface area contributed by atoms with E-state index in [4.69, 9.17) is 5.26 Å². The van der Waals surface area contributed by atoms with Crippen LogP contribution in [0.1, 0.15) is 11.1 Å². The summed E-state index contributed by atoms with van der Waals surface area (Å²) in [6.45, 7) is 1.92. The van der Waals surface area contributed by atoms with Gasteiger partial charge in [0.15, 0.2) is 0 Å². The van der Waals surface area contributed by atoms with Gasteiger partial charge >= 0.3 is 0 Å². The van der Waals surface area contributed by atoms with Crippen LogP contribution >= 0.6 is 0 Å². The van der Waals surface area contributed by atoms with Crippen molar-refractivity contribution in [1.29, 1.82) is 5.26 Å². The maximum atomic E-state index is 9.16. The lowest BCUT2D eigenvalue weighted by Gasteiger charge is -2.10. The molecule has 1 aromatic carbocycles. The van der Waals surface area contributed by atoms with Crippen molar-refractivity contribution in [3.8, 4) is 6.07 Å². The van der Waals surface area contributed by atoms with Crippen LogP contribution in [0.15, 0.2) is 36.7 Å². The molecule has 2 N–H and O–H groups in total. The van der Waals surface area contributed by atoms with E-state index in [2.05, 4.69) is 21.7 Å². The Bertz CT molecular complexity index is 599. The van der Waals surface area contributed by atoms with Crippen LogP contribution in [0.4, 0.5) is 17.1 Å². The highest BCUT2D eigenvalue weighted by Gasteiger charge is 2.05. The molecule has 4 heteroatoms. The van der Waals surface area contributed by atoms with E-state index in [0.29, 0.717) is 5.56 Å². The van der Waals surface area contributed by atoms with Gasteiger partial charge in [0, 0.05) is 7.05 Å². The van der Waals surface area contributed by atoms with E-state index in [1.165, 1.54) is 0 Å². The average Bonchev–Trinajstić information content (AvgIpc) is 2.39. The predicted octanol–water partition coefficient (Wildman–Crippen LogP) is 3.05. The summed E-state index contributed by atoms with van der Waals surface area (Å²) in [6, 6.07) is 9.89. The fourth-order valence-corrected chi connectivity index (χ4v) is 1.72. The van der Waals surface area contributed by atoms with E-state index < -0.39 is 0 Å². The molecule has 2 aromatic rings. The van der Waals surface area contributed by atoms with Crippen LogP contribution in [-0.2, 0) is 0 Å². The monoisotopic (exact) mass is 238 g/mol. The molecule has 0 aliphatic carbocycles. The summed E-state index contributed by atoms with van der Waals surface area (Å²) < 4.78 is 0. The second-order valence-corrected chi connectivity index (χ2v) is 3.95. The van der Waals surface area contributed by atoms with E-state index in [1.807, 2.05) is 38.2 Å². The third kappa shape index (κ3) is 2.41. The zero-order valence-electron chi connectivity index (χ0n) is 10.4. The average molecular weight is 238 g/mol. The molecule has 2 rings (SSSR count). The molecule has 0 aliphatic heterocycles. The molecule has 0 fully saturated rings. The third-order valence-electron chi connectivity index (χ3n) is 2.69. The Morgan fingerprint density at radius 2 is 2.00 bits per heavy atom. The second kappa shape index (κ2) is 5.19. The molecule has 0 atom stereocenters. The molecule has 0 spiro atoms. The smallest absolute Gasteiger partial charge is 0.102 e. The second-order valence-electron chi connectivity index (χ2n) is 3.95. The van der Waals surface area contributed by atoms with Gasteiger partial charge in [-0.3, -0.25) is 4.98 Å². The van der Waals surface area contributed by atoms with Crippen molar-refractivity contribution in [2.45, 2.75) is 6.92 Å². The van der Waals surface area contributed by atoms with E-state index in [1.54, 1.807) is 12.4 Å². The first kappa shape index (κ1) is 11.9. The summed E-state index contributed by atoms with van der Waals surface area (Å²) in [6.07, 6.45) is 3.47. The van der Waals surface area contributed by atoms with E-state index >= 15 is 0 Å². The molecule has 0 saturated carbocycles. The Morgan fingerprint density at radius 3 is 2.72 bits per heavy atom. The Balaban J connectivity index is 2.34. The first-order chi connectivity index (χ1) is 8.74. The van der Waals surface area contributed by atoms with Crippen LogP contribution in [0.2, 0.25) is 0 Å².